The van der Waals surface area contributed by atoms with E-state index in [2.05, 4.69) is 9.47 Å². The monoisotopic (exact) mass is 218 g/mol. The Morgan fingerprint density at radius 3 is 2.20 bits per heavy atom. The van der Waals surface area contributed by atoms with Gasteiger partial charge in [-0.25, -0.2) is 9.59 Å². The lowest BCUT2D eigenvalue weighted by Gasteiger charge is -2.31. The minimum absolute atomic E-state index is 0.0146. The van der Waals surface area contributed by atoms with Gasteiger partial charge < -0.3 is 19.7 Å². The molecule has 0 aromatic carbocycles. The second kappa shape index (κ2) is 4.86. The molecule has 1 aliphatic rings. The quantitative estimate of drug-likeness (QED) is 0.688. The number of hydrogen-bond donors (Lipinski definition) is 2. The third kappa shape index (κ3) is 3.65. The van der Waals surface area contributed by atoms with Crippen LogP contribution < -0.4 is 0 Å². The van der Waals surface area contributed by atoms with E-state index in [0.717, 1.165) is 0 Å². The zero-order chi connectivity index (χ0) is 11.4. The first-order valence-corrected chi connectivity index (χ1v) is 4.78. The fourth-order valence-electron chi connectivity index (χ4n) is 1.87. The van der Waals surface area contributed by atoms with E-state index in [4.69, 9.17) is 10.2 Å². The molecule has 15 heavy (non-hydrogen) atoms. The lowest BCUT2D eigenvalue weighted by Crippen LogP contribution is -2.35. The van der Waals surface area contributed by atoms with Gasteiger partial charge in [0, 0.05) is 0 Å². The molecule has 0 aromatic rings. The molecule has 0 amide bonds. The van der Waals surface area contributed by atoms with Gasteiger partial charge >= 0.3 is 12.3 Å². The average Bonchev–Trinajstić information content (AvgIpc) is 2.08. The number of rotatable bonds is 2. The maximum absolute atomic E-state index is 10.3. The highest BCUT2D eigenvalue weighted by Crippen LogP contribution is 2.28. The van der Waals surface area contributed by atoms with E-state index in [1.165, 1.54) is 0 Å². The summed E-state index contributed by atoms with van der Waals surface area (Å²) >= 11 is 0. The van der Waals surface area contributed by atoms with Gasteiger partial charge in [0.05, 0.1) is 0 Å². The molecule has 0 radical (unpaired) electrons. The number of carboxylic acid groups (broad SMARTS) is 2. The summed E-state index contributed by atoms with van der Waals surface area (Å²) < 4.78 is 9.30. The summed E-state index contributed by atoms with van der Waals surface area (Å²) in [5.74, 6) is -0.0146. The van der Waals surface area contributed by atoms with Crippen LogP contribution in [0.25, 0.3) is 0 Å². The van der Waals surface area contributed by atoms with Gasteiger partial charge in [-0.05, 0) is 25.2 Å². The normalized spacial score (nSPS) is 30.6. The molecule has 1 fully saturated rings. The van der Waals surface area contributed by atoms with E-state index < -0.39 is 12.3 Å². The lowest BCUT2D eigenvalue weighted by molar-refractivity contribution is -0.0337. The summed E-state index contributed by atoms with van der Waals surface area (Å²) in [6, 6.07) is 0. The Labute approximate surface area is 86.8 Å². The topological polar surface area (TPSA) is 93.1 Å². The van der Waals surface area contributed by atoms with Crippen LogP contribution in [0.15, 0.2) is 0 Å². The third-order valence-corrected chi connectivity index (χ3v) is 2.56. The maximum Gasteiger partial charge on any atom is 0.506 e. The average molecular weight is 218 g/mol. The second-order valence-corrected chi connectivity index (χ2v) is 3.72. The van der Waals surface area contributed by atoms with Gasteiger partial charge in [-0.1, -0.05) is 6.92 Å². The molecule has 1 saturated carbocycles. The van der Waals surface area contributed by atoms with E-state index in [0.29, 0.717) is 19.3 Å². The third-order valence-electron chi connectivity index (χ3n) is 2.56. The van der Waals surface area contributed by atoms with Crippen molar-refractivity contribution in [2.75, 3.05) is 0 Å². The van der Waals surface area contributed by atoms with Gasteiger partial charge in [0.25, 0.3) is 0 Å². The Bertz CT molecular complexity index is 251. The van der Waals surface area contributed by atoms with Crippen LogP contribution in [0, 0.1) is 5.92 Å². The molecule has 0 spiro atoms. The molecule has 0 aromatic heterocycles. The van der Waals surface area contributed by atoms with Crippen molar-refractivity contribution >= 4 is 12.3 Å². The van der Waals surface area contributed by atoms with Crippen molar-refractivity contribution < 1.29 is 29.3 Å². The van der Waals surface area contributed by atoms with Crippen LogP contribution in [0.1, 0.15) is 26.2 Å². The fourth-order valence-corrected chi connectivity index (χ4v) is 1.87. The van der Waals surface area contributed by atoms with E-state index in [1.54, 1.807) is 0 Å². The molecule has 3 unspecified atom stereocenters. The van der Waals surface area contributed by atoms with Crippen LogP contribution in [0.4, 0.5) is 9.59 Å². The number of ether oxygens (including phenoxy) is 2. The number of carbonyl (C=O) groups is 2. The summed E-state index contributed by atoms with van der Waals surface area (Å²) in [4.78, 5) is 20.6. The van der Waals surface area contributed by atoms with E-state index in [1.807, 2.05) is 6.92 Å². The summed E-state index contributed by atoms with van der Waals surface area (Å²) in [5.41, 5.74) is 0. The second-order valence-electron chi connectivity index (χ2n) is 3.72. The van der Waals surface area contributed by atoms with Crippen LogP contribution in [-0.2, 0) is 9.47 Å². The predicted octanol–water partition coefficient (Wildman–Crippen LogP) is 1.93. The largest absolute Gasteiger partial charge is 0.506 e. The highest BCUT2D eigenvalue weighted by atomic mass is 16.7. The van der Waals surface area contributed by atoms with Gasteiger partial charge in [-0.3, -0.25) is 0 Å². The molecule has 1 aliphatic carbocycles. The Kier molecular flexibility index (Phi) is 3.76. The summed E-state index contributed by atoms with van der Waals surface area (Å²) in [6.07, 6.45) is -1.75. The molecule has 1 rings (SSSR count). The Hall–Kier alpha value is -1.46. The lowest BCUT2D eigenvalue weighted by atomic mass is 9.86. The molecule has 0 aliphatic heterocycles. The first kappa shape index (κ1) is 11.6. The van der Waals surface area contributed by atoms with E-state index >= 15 is 0 Å². The molecule has 0 saturated heterocycles. The standard InChI is InChI=1S/C9H14O6/c1-5-4-6(14-8(10)11)2-3-7(5)15-9(12)13/h5-7H,2-4H2,1H3,(H,10,11)(H,12,13). The first-order chi connectivity index (χ1) is 6.99. The van der Waals surface area contributed by atoms with Crippen molar-refractivity contribution in [2.24, 2.45) is 5.92 Å². The highest BCUT2D eigenvalue weighted by molar-refractivity contribution is 5.57. The van der Waals surface area contributed by atoms with Gasteiger partial charge in [-0.15, -0.1) is 0 Å². The summed E-state index contributed by atoms with van der Waals surface area (Å²) in [5, 5.41) is 16.9. The minimum Gasteiger partial charge on any atom is -0.450 e. The summed E-state index contributed by atoms with van der Waals surface area (Å²) in [7, 11) is 0. The Morgan fingerprint density at radius 2 is 1.73 bits per heavy atom. The van der Waals surface area contributed by atoms with Gasteiger partial charge in [0.1, 0.15) is 12.2 Å². The smallest absolute Gasteiger partial charge is 0.450 e. The van der Waals surface area contributed by atoms with Crippen molar-refractivity contribution in [2.45, 2.75) is 38.4 Å². The zero-order valence-electron chi connectivity index (χ0n) is 8.38. The van der Waals surface area contributed by atoms with E-state index in [-0.39, 0.29) is 18.1 Å². The predicted molar refractivity (Wildman–Crippen MR) is 48.8 cm³/mol. The van der Waals surface area contributed by atoms with Gasteiger partial charge in [0.2, 0.25) is 0 Å². The Balaban J connectivity index is 2.40. The van der Waals surface area contributed by atoms with Gasteiger partial charge in [-0.2, -0.15) is 0 Å². The summed E-state index contributed by atoms with van der Waals surface area (Å²) in [6.45, 7) is 1.82. The van der Waals surface area contributed by atoms with Gasteiger partial charge in [0.15, 0.2) is 0 Å². The molecule has 0 heterocycles. The van der Waals surface area contributed by atoms with Crippen LogP contribution in [0.3, 0.4) is 0 Å². The maximum atomic E-state index is 10.3. The molecular formula is C9H14O6. The molecule has 6 heteroatoms. The molecule has 0 bridgehead atoms. The minimum atomic E-state index is -1.29. The van der Waals surface area contributed by atoms with Crippen molar-refractivity contribution in [1.29, 1.82) is 0 Å². The molecule has 3 atom stereocenters. The molecule has 2 N–H and O–H groups in total. The van der Waals surface area contributed by atoms with Crippen molar-refractivity contribution in [3.8, 4) is 0 Å². The fraction of sp³-hybridized carbons (Fsp3) is 0.778. The Morgan fingerprint density at radius 1 is 1.13 bits per heavy atom. The van der Waals surface area contributed by atoms with Crippen LogP contribution in [0.5, 0.6) is 0 Å². The van der Waals surface area contributed by atoms with Crippen LogP contribution >= 0.6 is 0 Å². The van der Waals surface area contributed by atoms with Crippen LogP contribution in [0.2, 0.25) is 0 Å². The van der Waals surface area contributed by atoms with Crippen LogP contribution in [-0.4, -0.2) is 34.7 Å². The molecule has 6 nitrogen and oxygen atoms in total. The van der Waals surface area contributed by atoms with E-state index in [9.17, 15) is 9.59 Å². The van der Waals surface area contributed by atoms with Crippen molar-refractivity contribution in [3.63, 3.8) is 0 Å². The number of hydrogen-bond acceptors (Lipinski definition) is 4. The van der Waals surface area contributed by atoms with Crippen molar-refractivity contribution in [3.05, 3.63) is 0 Å². The zero-order valence-corrected chi connectivity index (χ0v) is 8.38. The first-order valence-electron chi connectivity index (χ1n) is 4.78. The molecular weight excluding hydrogens is 204 g/mol. The van der Waals surface area contributed by atoms with Crippen molar-refractivity contribution in [1.82, 2.24) is 0 Å². The highest BCUT2D eigenvalue weighted by Gasteiger charge is 2.31. The SMILES string of the molecule is CC1CC(OC(=O)O)CCC1OC(=O)O. The molecule has 86 valence electrons.